The highest BCUT2D eigenvalue weighted by atomic mass is 19.1. The number of aliphatic imine (C=N–C) groups is 1. The molecule has 2 rings (SSSR count). The lowest BCUT2D eigenvalue weighted by Crippen LogP contribution is -2.13. The van der Waals surface area contributed by atoms with Gasteiger partial charge in [-0.15, -0.1) is 0 Å². The highest BCUT2D eigenvalue weighted by molar-refractivity contribution is 6.10. The molecule has 1 heterocycles. The summed E-state index contributed by atoms with van der Waals surface area (Å²) in [6.45, 7) is 0. The predicted molar refractivity (Wildman–Crippen MR) is 71.1 cm³/mol. The molecule has 1 aromatic heterocycles. The van der Waals surface area contributed by atoms with Gasteiger partial charge in [0.15, 0.2) is 0 Å². The van der Waals surface area contributed by atoms with E-state index in [0.29, 0.717) is 22.0 Å². The van der Waals surface area contributed by atoms with E-state index in [1.165, 1.54) is 30.6 Å². The lowest BCUT2D eigenvalue weighted by atomic mass is 10.1. The van der Waals surface area contributed by atoms with E-state index in [4.69, 9.17) is 5.73 Å². The molecule has 3 N–H and O–H groups in total. The number of halogens is 1. The Labute approximate surface area is 103 Å². The Morgan fingerprint density at radius 1 is 1.44 bits per heavy atom. The second kappa shape index (κ2) is 4.83. The van der Waals surface area contributed by atoms with E-state index in [2.05, 4.69) is 9.98 Å². The zero-order chi connectivity index (χ0) is 13.1. The van der Waals surface area contributed by atoms with E-state index < -0.39 is 0 Å². The van der Waals surface area contributed by atoms with E-state index in [1.807, 2.05) is 0 Å². The molecule has 18 heavy (non-hydrogen) atoms. The standard InChI is InChI=1S/C13H12FN3O/c1-16-7-9(6-15)11-5-8-4-10(14)2-3-12(8)17-13(11)18/h2-7H,15H2,1H3,(H,17,18). The number of rotatable bonds is 2. The van der Waals surface area contributed by atoms with Crippen molar-refractivity contribution in [3.05, 3.63) is 52.2 Å². The summed E-state index contributed by atoms with van der Waals surface area (Å²) < 4.78 is 13.1. The molecule has 0 unspecified atom stereocenters. The van der Waals surface area contributed by atoms with Gasteiger partial charge in [-0.2, -0.15) is 0 Å². The van der Waals surface area contributed by atoms with Gasteiger partial charge in [0, 0.05) is 35.9 Å². The first-order valence-corrected chi connectivity index (χ1v) is 5.32. The fourth-order valence-corrected chi connectivity index (χ4v) is 1.73. The molecule has 0 radical (unpaired) electrons. The minimum absolute atomic E-state index is 0.286. The Kier molecular flexibility index (Phi) is 3.23. The molecule has 0 atom stereocenters. The summed E-state index contributed by atoms with van der Waals surface area (Å²) in [5, 5.41) is 0.605. The number of nitrogens with two attached hydrogens (primary N) is 1. The number of nitrogens with zero attached hydrogens (tertiary/aromatic N) is 1. The summed E-state index contributed by atoms with van der Waals surface area (Å²) in [6, 6.07) is 5.77. The Balaban J connectivity index is 2.72. The van der Waals surface area contributed by atoms with Crippen LogP contribution >= 0.6 is 0 Å². The van der Waals surface area contributed by atoms with Crippen LogP contribution in [-0.4, -0.2) is 18.2 Å². The lowest BCUT2D eigenvalue weighted by molar-refractivity contribution is 0.629. The normalized spacial score (nSPS) is 12.4. The average molecular weight is 245 g/mol. The molecule has 0 spiro atoms. The van der Waals surface area contributed by atoms with Crippen molar-refractivity contribution in [2.24, 2.45) is 10.7 Å². The van der Waals surface area contributed by atoms with Crippen LogP contribution in [0.15, 0.2) is 40.3 Å². The molecule has 1 aromatic carbocycles. The molecule has 0 saturated carbocycles. The number of hydrogen-bond acceptors (Lipinski definition) is 3. The Morgan fingerprint density at radius 2 is 2.22 bits per heavy atom. The molecule has 0 aliphatic carbocycles. The van der Waals surface area contributed by atoms with Crippen LogP contribution in [0, 0.1) is 5.82 Å². The minimum Gasteiger partial charge on any atom is -0.404 e. The van der Waals surface area contributed by atoms with Crippen LogP contribution in [0.25, 0.3) is 16.5 Å². The molecule has 0 fully saturated rings. The van der Waals surface area contributed by atoms with E-state index in [0.717, 1.165) is 0 Å². The van der Waals surface area contributed by atoms with Crippen molar-refractivity contribution in [3.8, 4) is 0 Å². The largest absolute Gasteiger partial charge is 0.404 e. The van der Waals surface area contributed by atoms with Crippen LogP contribution in [0.2, 0.25) is 0 Å². The zero-order valence-electron chi connectivity index (χ0n) is 9.77. The number of H-pyrrole nitrogens is 1. The third kappa shape index (κ3) is 2.15. The maximum atomic E-state index is 13.1. The van der Waals surface area contributed by atoms with Gasteiger partial charge >= 0.3 is 0 Å². The van der Waals surface area contributed by atoms with Crippen molar-refractivity contribution in [2.75, 3.05) is 7.05 Å². The molecule has 5 heteroatoms. The molecule has 2 aromatic rings. The molecule has 0 bridgehead atoms. The van der Waals surface area contributed by atoms with Gasteiger partial charge in [-0.3, -0.25) is 9.79 Å². The smallest absolute Gasteiger partial charge is 0.256 e. The van der Waals surface area contributed by atoms with Crippen molar-refractivity contribution in [1.29, 1.82) is 0 Å². The van der Waals surface area contributed by atoms with E-state index in [1.54, 1.807) is 13.1 Å². The maximum Gasteiger partial charge on any atom is 0.256 e. The number of aromatic amines is 1. The highest BCUT2D eigenvalue weighted by Crippen LogP contribution is 2.16. The summed E-state index contributed by atoms with van der Waals surface area (Å²) in [7, 11) is 1.58. The van der Waals surface area contributed by atoms with E-state index >= 15 is 0 Å². The van der Waals surface area contributed by atoms with Gasteiger partial charge in [0.25, 0.3) is 5.56 Å². The molecule has 4 nitrogen and oxygen atoms in total. The van der Waals surface area contributed by atoms with E-state index in [-0.39, 0.29) is 11.4 Å². The van der Waals surface area contributed by atoms with Crippen LogP contribution in [-0.2, 0) is 0 Å². The van der Waals surface area contributed by atoms with Crippen molar-refractivity contribution in [2.45, 2.75) is 0 Å². The number of allylic oxidation sites excluding steroid dienone is 1. The third-order valence-corrected chi connectivity index (χ3v) is 2.57. The van der Waals surface area contributed by atoms with Gasteiger partial charge in [0.1, 0.15) is 5.82 Å². The third-order valence-electron chi connectivity index (χ3n) is 2.57. The Hall–Kier alpha value is -2.43. The molecular weight excluding hydrogens is 233 g/mol. The second-order valence-electron chi connectivity index (χ2n) is 3.75. The first kappa shape index (κ1) is 12.0. The van der Waals surface area contributed by atoms with Crippen LogP contribution in [0.4, 0.5) is 4.39 Å². The summed E-state index contributed by atoms with van der Waals surface area (Å²) >= 11 is 0. The number of benzene rings is 1. The maximum absolute atomic E-state index is 13.1. The molecule has 92 valence electrons. The van der Waals surface area contributed by atoms with Crippen LogP contribution in [0.3, 0.4) is 0 Å². The van der Waals surface area contributed by atoms with Crippen molar-refractivity contribution in [1.82, 2.24) is 4.98 Å². The van der Waals surface area contributed by atoms with Crippen molar-refractivity contribution < 1.29 is 4.39 Å². The number of pyridine rings is 1. The zero-order valence-corrected chi connectivity index (χ0v) is 9.77. The second-order valence-corrected chi connectivity index (χ2v) is 3.75. The average Bonchev–Trinajstić information content (AvgIpc) is 2.36. The number of nitrogens with one attached hydrogen (secondary N) is 1. The van der Waals surface area contributed by atoms with Crippen molar-refractivity contribution >= 4 is 22.7 Å². The molecule has 0 aliphatic heterocycles. The SMILES string of the molecule is CN=CC(=CN)c1cc2cc(F)ccc2[nH]c1=O. The van der Waals surface area contributed by atoms with E-state index in [9.17, 15) is 9.18 Å². The van der Waals surface area contributed by atoms with Crippen LogP contribution < -0.4 is 11.3 Å². The quantitative estimate of drug-likeness (QED) is 0.790. The topological polar surface area (TPSA) is 71.2 Å². The van der Waals surface area contributed by atoms with Gasteiger partial charge in [-0.05, 0) is 24.3 Å². The molecule has 0 aliphatic rings. The first-order valence-electron chi connectivity index (χ1n) is 5.32. The highest BCUT2D eigenvalue weighted by Gasteiger charge is 2.07. The van der Waals surface area contributed by atoms with Gasteiger partial charge < -0.3 is 10.7 Å². The summed E-state index contributed by atoms with van der Waals surface area (Å²) in [5.41, 5.74) is 6.60. The van der Waals surface area contributed by atoms with Crippen molar-refractivity contribution in [3.63, 3.8) is 0 Å². The number of hydrogen-bond donors (Lipinski definition) is 2. The van der Waals surface area contributed by atoms with Crippen LogP contribution in [0.1, 0.15) is 5.56 Å². The Bertz CT molecular complexity index is 701. The lowest BCUT2D eigenvalue weighted by Gasteiger charge is -2.03. The molecule has 0 amide bonds. The Morgan fingerprint density at radius 3 is 2.89 bits per heavy atom. The fourth-order valence-electron chi connectivity index (χ4n) is 1.73. The minimum atomic E-state index is -0.358. The van der Waals surface area contributed by atoms with Gasteiger partial charge in [-0.1, -0.05) is 0 Å². The number of aromatic nitrogens is 1. The van der Waals surface area contributed by atoms with Gasteiger partial charge in [-0.25, -0.2) is 4.39 Å². The van der Waals surface area contributed by atoms with Gasteiger partial charge in [0.2, 0.25) is 0 Å². The first-order chi connectivity index (χ1) is 8.65. The summed E-state index contributed by atoms with van der Waals surface area (Å²) in [6.07, 6.45) is 2.78. The number of fused-ring (bicyclic) bond motifs is 1. The predicted octanol–water partition coefficient (Wildman–Crippen LogP) is 1.67. The summed E-state index contributed by atoms with van der Waals surface area (Å²) in [5.74, 6) is -0.358. The molecule has 0 saturated heterocycles. The van der Waals surface area contributed by atoms with Gasteiger partial charge in [0.05, 0.1) is 5.56 Å². The monoisotopic (exact) mass is 245 g/mol. The summed E-state index contributed by atoms with van der Waals surface area (Å²) in [4.78, 5) is 18.4. The fraction of sp³-hybridized carbons (Fsp3) is 0.0769. The molecular formula is C13H12FN3O. The van der Waals surface area contributed by atoms with Crippen LogP contribution in [0.5, 0.6) is 0 Å².